The molecule has 0 saturated carbocycles. The van der Waals surface area contributed by atoms with Crippen LogP contribution in [0, 0.1) is 5.92 Å². The highest BCUT2D eigenvalue weighted by Gasteiger charge is 2.15. The summed E-state index contributed by atoms with van der Waals surface area (Å²) in [5.74, 6) is 1.88. The number of carbonyl (C=O) groups excluding carboxylic acids is 1. The summed E-state index contributed by atoms with van der Waals surface area (Å²) in [6.07, 6.45) is 2.01. The van der Waals surface area contributed by atoms with Gasteiger partial charge in [-0.3, -0.25) is 9.79 Å². The number of nitrogens with zero attached hydrogens (tertiary/aromatic N) is 1. The van der Waals surface area contributed by atoms with Crippen molar-refractivity contribution in [1.82, 2.24) is 16.0 Å². The molecule has 3 N–H and O–H groups in total. The van der Waals surface area contributed by atoms with Gasteiger partial charge in [0.25, 0.3) is 5.91 Å². The topological polar surface area (TPSA) is 93.2 Å². The quantitative estimate of drug-likeness (QED) is 0.296. The summed E-state index contributed by atoms with van der Waals surface area (Å²) in [6, 6.07) is 7.02. The molecule has 28 heavy (non-hydrogen) atoms. The SMILES string of the molecule is CN=C(NCCCOCC1CCOC1)NCCNC(=O)c1ccc(OC)cc1. The fraction of sp³-hybridized carbons (Fsp3) is 0.600. The van der Waals surface area contributed by atoms with Gasteiger partial charge in [-0.15, -0.1) is 0 Å². The lowest BCUT2D eigenvalue weighted by atomic mass is 10.1. The van der Waals surface area contributed by atoms with Crippen molar-refractivity contribution in [2.45, 2.75) is 12.8 Å². The number of hydrogen-bond acceptors (Lipinski definition) is 5. The second-order valence-electron chi connectivity index (χ2n) is 6.57. The van der Waals surface area contributed by atoms with Crippen molar-refractivity contribution in [1.29, 1.82) is 0 Å². The Kier molecular flexibility index (Phi) is 10.2. The highest BCUT2D eigenvalue weighted by Crippen LogP contribution is 2.12. The highest BCUT2D eigenvalue weighted by molar-refractivity contribution is 5.94. The number of methoxy groups -OCH3 is 1. The minimum Gasteiger partial charge on any atom is -0.497 e. The second kappa shape index (κ2) is 13.0. The minimum absolute atomic E-state index is 0.114. The van der Waals surface area contributed by atoms with Crippen molar-refractivity contribution in [3.63, 3.8) is 0 Å². The van der Waals surface area contributed by atoms with Crippen LogP contribution in [0.15, 0.2) is 29.3 Å². The third kappa shape index (κ3) is 8.14. The molecule has 0 bridgehead atoms. The number of benzene rings is 1. The van der Waals surface area contributed by atoms with Crippen LogP contribution in [0.1, 0.15) is 23.2 Å². The summed E-state index contributed by atoms with van der Waals surface area (Å²) in [5, 5.41) is 9.29. The first-order chi connectivity index (χ1) is 13.7. The van der Waals surface area contributed by atoms with Crippen molar-refractivity contribution >= 4 is 11.9 Å². The fourth-order valence-corrected chi connectivity index (χ4v) is 2.77. The maximum absolute atomic E-state index is 12.1. The lowest BCUT2D eigenvalue weighted by molar-refractivity contribution is 0.0887. The number of nitrogens with one attached hydrogen (secondary N) is 3. The maximum Gasteiger partial charge on any atom is 0.251 e. The van der Waals surface area contributed by atoms with Crippen LogP contribution in [0.5, 0.6) is 5.75 Å². The number of hydrogen-bond donors (Lipinski definition) is 3. The van der Waals surface area contributed by atoms with Crippen LogP contribution in [-0.2, 0) is 9.47 Å². The number of aliphatic imine (C=N–C) groups is 1. The van der Waals surface area contributed by atoms with Gasteiger partial charge in [-0.05, 0) is 37.1 Å². The average Bonchev–Trinajstić information content (AvgIpc) is 3.25. The molecule has 0 aliphatic carbocycles. The molecule has 0 spiro atoms. The van der Waals surface area contributed by atoms with E-state index in [1.165, 1.54) is 0 Å². The summed E-state index contributed by atoms with van der Waals surface area (Å²) < 4.78 is 16.1. The molecule has 1 aliphatic rings. The Bertz CT molecular complexity index is 601. The molecule has 1 fully saturated rings. The zero-order valence-electron chi connectivity index (χ0n) is 16.8. The summed E-state index contributed by atoms with van der Waals surface area (Å²) in [6.45, 7) is 5.04. The molecule has 1 aromatic rings. The number of guanidine groups is 1. The van der Waals surface area contributed by atoms with Crippen molar-refractivity contribution in [3.05, 3.63) is 29.8 Å². The molecule has 0 radical (unpaired) electrons. The van der Waals surface area contributed by atoms with Crippen LogP contribution >= 0.6 is 0 Å². The van der Waals surface area contributed by atoms with Crippen LogP contribution in [0.25, 0.3) is 0 Å². The highest BCUT2D eigenvalue weighted by atomic mass is 16.5. The molecule has 8 heteroatoms. The first-order valence-corrected chi connectivity index (χ1v) is 9.75. The monoisotopic (exact) mass is 392 g/mol. The number of carbonyl (C=O) groups is 1. The van der Waals surface area contributed by atoms with E-state index in [4.69, 9.17) is 14.2 Å². The van der Waals surface area contributed by atoms with Crippen LogP contribution in [-0.4, -0.2) is 72.1 Å². The lowest BCUT2D eigenvalue weighted by Crippen LogP contribution is -2.42. The minimum atomic E-state index is -0.114. The zero-order valence-corrected chi connectivity index (χ0v) is 16.8. The van der Waals surface area contributed by atoms with E-state index in [2.05, 4.69) is 20.9 Å². The van der Waals surface area contributed by atoms with Gasteiger partial charge in [0.2, 0.25) is 0 Å². The average molecular weight is 393 g/mol. The number of rotatable bonds is 11. The Morgan fingerprint density at radius 3 is 2.61 bits per heavy atom. The van der Waals surface area contributed by atoms with E-state index in [9.17, 15) is 4.79 Å². The van der Waals surface area contributed by atoms with Gasteiger partial charge in [0, 0.05) is 51.4 Å². The summed E-state index contributed by atoms with van der Waals surface area (Å²) in [7, 11) is 3.32. The smallest absolute Gasteiger partial charge is 0.251 e. The maximum atomic E-state index is 12.1. The van der Waals surface area contributed by atoms with Gasteiger partial charge < -0.3 is 30.2 Å². The molecular weight excluding hydrogens is 360 g/mol. The first kappa shape index (κ1) is 22.0. The van der Waals surface area contributed by atoms with Crippen LogP contribution in [0.3, 0.4) is 0 Å². The van der Waals surface area contributed by atoms with Crippen LogP contribution < -0.4 is 20.7 Å². The van der Waals surface area contributed by atoms with Gasteiger partial charge in [-0.25, -0.2) is 0 Å². The zero-order chi connectivity index (χ0) is 20.0. The van der Waals surface area contributed by atoms with E-state index >= 15 is 0 Å². The van der Waals surface area contributed by atoms with Crippen molar-refractivity contribution in [3.8, 4) is 5.75 Å². The van der Waals surface area contributed by atoms with Gasteiger partial charge in [0.05, 0.1) is 20.3 Å². The molecule has 8 nitrogen and oxygen atoms in total. The second-order valence-corrected chi connectivity index (χ2v) is 6.57. The lowest BCUT2D eigenvalue weighted by Gasteiger charge is -2.13. The molecule has 1 atom stereocenters. The molecule has 1 unspecified atom stereocenters. The Balaban J connectivity index is 1.50. The Morgan fingerprint density at radius 2 is 1.93 bits per heavy atom. The standard InChI is InChI=1S/C20H32N4O4/c1-21-20(23-9-3-12-27-14-16-8-13-28-15-16)24-11-10-22-19(25)17-4-6-18(26-2)7-5-17/h4-7,16H,3,8-15H2,1-2H3,(H,22,25)(H2,21,23,24). The summed E-state index contributed by atoms with van der Waals surface area (Å²) in [5.41, 5.74) is 0.604. The van der Waals surface area contributed by atoms with Gasteiger partial charge in [-0.1, -0.05) is 0 Å². The van der Waals surface area contributed by atoms with E-state index in [0.29, 0.717) is 30.5 Å². The molecule has 1 heterocycles. The summed E-state index contributed by atoms with van der Waals surface area (Å²) >= 11 is 0. The molecular formula is C20H32N4O4. The van der Waals surface area contributed by atoms with E-state index in [0.717, 1.165) is 51.6 Å². The Hall–Kier alpha value is -2.32. The first-order valence-electron chi connectivity index (χ1n) is 9.75. The number of amides is 1. The van der Waals surface area contributed by atoms with E-state index < -0.39 is 0 Å². The van der Waals surface area contributed by atoms with Crippen LogP contribution in [0.2, 0.25) is 0 Å². The van der Waals surface area contributed by atoms with Gasteiger partial charge in [0.1, 0.15) is 5.75 Å². The van der Waals surface area contributed by atoms with E-state index in [1.54, 1.807) is 38.4 Å². The predicted molar refractivity (Wildman–Crippen MR) is 109 cm³/mol. The van der Waals surface area contributed by atoms with Crippen molar-refractivity contribution in [2.75, 3.05) is 60.2 Å². The van der Waals surface area contributed by atoms with Crippen LogP contribution in [0.4, 0.5) is 0 Å². The molecule has 2 rings (SSSR count). The normalized spacial score (nSPS) is 16.6. The van der Waals surface area contributed by atoms with Gasteiger partial charge in [-0.2, -0.15) is 0 Å². The Labute approximate surface area is 167 Å². The number of ether oxygens (including phenoxy) is 3. The fourth-order valence-electron chi connectivity index (χ4n) is 2.77. The molecule has 0 aromatic heterocycles. The molecule has 1 saturated heterocycles. The van der Waals surface area contributed by atoms with Gasteiger partial charge >= 0.3 is 0 Å². The molecule has 1 amide bonds. The van der Waals surface area contributed by atoms with E-state index in [-0.39, 0.29) is 5.91 Å². The van der Waals surface area contributed by atoms with Crippen molar-refractivity contribution in [2.24, 2.45) is 10.9 Å². The predicted octanol–water partition coefficient (Wildman–Crippen LogP) is 1.03. The third-order valence-electron chi connectivity index (χ3n) is 4.41. The van der Waals surface area contributed by atoms with Crippen molar-refractivity contribution < 1.29 is 19.0 Å². The third-order valence-corrected chi connectivity index (χ3v) is 4.41. The summed E-state index contributed by atoms with van der Waals surface area (Å²) in [4.78, 5) is 16.3. The molecule has 1 aliphatic heterocycles. The van der Waals surface area contributed by atoms with E-state index in [1.807, 2.05) is 0 Å². The largest absolute Gasteiger partial charge is 0.497 e. The molecule has 1 aromatic carbocycles. The molecule has 156 valence electrons. The Morgan fingerprint density at radius 1 is 1.18 bits per heavy atom. The van der Waals surface area contributed by atoms with Gasteiger partial charge in [0.15, 0.2) is 5.96 Å².